The minimum absolute atomic E-state index is 0.00492. The van der Waals surface area contributed by atoms with Crippen molar-refractivity contribution >= 4 is 34.4 Å². The Morgan fingerprint density at radius 1 is 1.32 bits per heavy atom. The fourth-order valence-corrected chi connectivity index (χ4v) is 3.39. The van der Waals surface area contributed by atoms with E-state index in [1.165, 1.54) is 10.7 Å². The molecule has 31 heavy (non-hydrogen) atoms. The molecule has 1 fully saturated rings. The van der Waals surface area contributed by atoms with Gasteiger partial charge in [-0.1, -0.05) is 11.6 Å². The van der Waals surface area contributed by atoms with Crippen LogP contribution in [0.5, 0.6) is 0 Å². The zero-order valence-corrected chi connectivity index (χ0v) is 16.6. The van der Waals surface area contributed by atoms with Crippen molar-refractivity contribution in [3.8, 4) is 11.4 Å². The number of amides is 1. The molecule has 0 bridgehead atoms. The molecule has 3 heterocycles. The van der Waals surface area contributed by atoms with Gasteiger partial charge >= 0.3 is 0 Å². The van der Waals surface area contributed by atoms with Gasteiger partial charge in [-0.25, -0.2) is 13.3 Å². The molecule has 12 heteroatoms. The smallest absolute Gasteiger partial charge is 0.259 e. The summed E-state index contributed by atoms with van der Waals surface area (Å²) in [7, 11) is 0. The van der Waals surface area contributed by atoms with Crippen molar-refractivity contribution in [1.29, 1.82) is 0 Å². The lowest BCUT2D eigenvalue weighted by Crippen LogP contribution is -2.12. The van der Waals surface area contributed by atoms with Gasteiger partial charge in [-0.2, -0.15) is 9.90 Å². The van der Waals surface area contributed by atoms with Crippen LogP contribution in [0.2, 0.25) is 5.02 Å². The molecule has 1 aliphatic rings. The number of pyridine rings is 1. The molecule has 1 unspecified atom stereocenters. The zero-order chi connectivity index (χ0) is 21.8. The van der Waals surface area contributed by atoms with E-state index >= 15 is 0 Å². The number of carbonyl (C=O) groups is 1. The summed E-state index contributed by atoms with van der Waals surface area (Å²) in [6.07, 6.45) is 2.92. The van der Waals surface area contributed by atoms with Crippen LogP contribution in [0.1, 0.15) is 16.8 Å². The van der Waals surface area contributed by atoms with Gasteiger partial charge in [0.1, 0.15) is 0 Å². The lowest BCUT2D eigenvalue weighted by Gasteiger charge is -2.08. The summed E-state index contributed by atoms with van der Waals surface area (Å²) in [6, 6.07) is 8.14. The topological polar surface area (TPSA) is 116 Å². The molecule has 1 aromatic carbocycles. The summed E-state index contributed by atoms with van der Waals surface area (Å²) in [4.78, 5) is 14.0. The summed E-state index contributed by atoms with van der Waals surface area (Å²) in [5, 5.41) is 19.1. The summed E-state index contributed by atoms with van der Waals surface area (Å²) < 4.78 is 27.8. The van der Waals surface area contributed by atoms with Gasteiger partial charge in [-0.3, -0.25) is 4.79 Å². The van der Waals surface area contributed by atoms with Crippen LogP contribution >= 0.6 is 11.6 Å². The lowest BCUT2D eigenvalue weighted by atomic mass is 10.1. The predicted molar refractivity (Wildman–Crippen MR) is 109 cm³/mol. The Morgan fingerprint density at radius 3 is 2.90 bits per heavy atom. The summed E-state index contributed by atoms with van der Waals surface area (Å²) >= 11 is 6.25. The van der Waals surface area contributed by atoms with E-state index in [9.17, 15) is 13.6 Å². The van der Waals surface area contributed by atoms with Gasteiger partial charge in [0.15, 0.2) is 0 Å². The molecule has 3 aromatic heterocycles. The number of halogens is 3. The Balaban J connectivity index is 1.38. The normalized spacial score (nSPS) is 17.1. The first-order valence-electron chi connectivity index (χ1n) is 9.30. The first-order valence-corrected chi connectivity index (χ1v) is 9.68. The lowest BCUT2D eigenvalue weighted by molar-refractivity contribution is 0.0929. The Morgan fingerprint density at radius 2 is 2.13 bits per heavy atom. The second-order valence-corrected chi connectivity index (χ2v) is 7.73. The molecule has 1 saturated carbocycles. The largest absolute Gasteiger partial charge is 0.399 e. The number of aromatic nitrogens is 6. The molecular formula is C19H15ClF2N8O. The van der Waals surface area contributed by atoms with Crippen LogP contribution < -0.4 is 11.1 Å². The van der Waals surface area contributed by atoms with E-state index in [4.69, 9.17) is 17.3 Å². The van der Waals surface area contributed by atoms with Crippen molar-refractivity contribution in [2.75, 3.05) is 11.1 Å². The molecule has 1 amide bonds. The number of fused-ring (bicyclic) bond motifs is 1. The summed E-state index contributed by atoms with van der Waals surface area (Å²) in [5.74, 6) is -3.62. The summed E-state index contributed by atoms with van der Waals surface area (Å²) in [6.45, 7) is -0.00492. The molecule has 0 saturated heterocycles. The van der Waals surface area contributed by atoms with Gasteiger partial charge in [0.25, 0.3) is 11.8 Å². The van der Waals surface area contributed by atoms with Gasteiger partial charge in [-0.15, -0.1) is 10.2 Å². The molecule has 5 rings (SSSR count). The fourth-order valence-electron chi connectivity index (χ4n) is 3.22. The van der Waals surface area contributed by atoms with Crippen LogP contribution in [-0.2, 0) is 6.54 Å². The van der Waals surface area contributed by atoms with E-state index in [1.807, 2.05) is 0 Å². The zero-order valence-electron chi connectivity index (χ0n) is 15.8. The minimum Gasteiger partial charge on any atom is -0.399 e. The van der Waals surface area contributed by atoms with Gasteiger partial charge in [-0.05, 0) is 35.5 Å². The van der Waals surface area contributed by atoms with Gasteiger partial charge in [0, 0.05) is 29.8 Å². The number of nitrogen functional groups attached to an aromatic ring is 1. The third-order valence-corrected chi connectivity index (χ3v) is 5.38. The number of alkyl halides is 2. The van der Waals surface area contributed by atoms with Crippen molar-refractivity contribution < 1.29 is 13.6 Å². The van der Waals surface area contributed by atoms with Gasteiger partial charge in [0.05, 0.1) is 34.5 Å². The third kappa shape index (κ3) is 3.67. The van der Waals surface area contributed by atoms with Crippen molar-refractivity contribution in [3.05, 3.63) is 53.3 Å². The maximum Gasteiger partial charge on any atom is 0.259 e. The second kappa shape index (κ2) is 6.98. The number of nitrogens with one attached hydrogen (secondary N) is 1. The second-order valence-electron chi connectivity index (χ2n) is 7.33. The Hall–Kier alpha value is -3.60. The number of nitrogens with zero attached hydrogens (tertiary/aromatic N) is 6. The van der Waals surface area contributed by atoms with Crippen LogP contribution in [0.25, 0.3) is 16.9 Å². The maximum absolute atomic E-state index is 13.1. The SMILES string of the molecule is Nc1ccn2ncc(C(=O)Nc3cc(-c4nnn(CC5CC5(F)F)n4)ccc3Cl)c2c1. The summed E-state index contributed by atoms with van der Waals surface area (Å²) in [5.41, 5.74) is 8.03. The molecule has 1 atom stereocenters. The van der Waals surface area contributed by atoms with Gasteiger partial charge < -0.3 is 11.1 Å². The number of anilines is 2. The molecule has 9 nitrogen and oxygen atoms in total. The van der Waals surface area contributed by atoms with Crippen LogP contribution in [0.4, 0.5) is 20.2 Å². The van der Waals surface area contributed by atoms with Crippen LogP contribution in [0.3, 0.4) is 0 Å². The average molecular weight is 445 g/mol. The van der Waals surface area contributed by atoms with Gasteiger partial charge in [0.2, 0.25) is 5.82 Å². The third-order valence-electron chi connectivity index (χ3n) is 5.06. The van der Waals surface area contributed by atoms with Crippen LogP contribution in [0, 0.1) is 5.92 Å². The first-order chi connectivity index (χ1) is 14.8. The van der Waals surface area contributed by atoms with E-state index in [1.54, 1.807) is 36.5 Å². The van der Waals surface area contributed by atoms with Crippen molar-refractivity contribution in [3.63, 3.8) is 0 Å². The molecule has 0 spiro atoms. The van der Waals surface area contributed by atoms with E-state index in [-0.39, 0.29) is 18.8 Å². The highest BCUT2D eigenvalue weighted by molar-refractivity contribution is 6.34. The van der Waals surface area contributed by atoms with Crippen LogP contribution in [0.15, 0.2) is 42.7 Å². The van der Waals surface area contributed by atoms with E-state index < -0.39 is 17.7 Å². The molecule has 158 valence electrons. The van der Waals surface area contributed by atoms with Crippen LogP contribution in [-0.4, -0.2) is 41.7 Å². The number of hydrogen-bond donors (Lipinski definition) is 2. The van der Waals surface area contributed by atoms with Crippen molar-refractivity contribution in [1.82, 2.24) is 29.8 Å². The highest BCUT2D eigenvalue weighted by Crippen LogP contribution is 2.49. The monoisotopic (exact) mass is 444 g/mol. The average Bonchev–Trinajstić information content (AvgIpc) is 3.08. The fraction of sp³-hybridized carbons (Fsp3) is 0.211. The number of tetrazole rings is 1. The minimum atomic E-state index is -2.66. The maximum atomic E-state index is 13.1. The predicted octanol–water partition coefficient (Wildman–Crippen LogP) is 3.13. The highest BCUT2D eigenvalue weighted by Gasteiger charge is 2.57. The highest BCUT2D eigenvalue weighted by atomic mass is 35.5. The van der Waals surface area contributed by atoms with E-state index in [2.05, 4.69) is 25.8 Å². The van der Waals surface area contributed by atoms with Crippen molar-refractivity contribution in [2.24, 2.45) is 5.92 Å². The number of hydrogen-bond acceptors (Lipinski definition) is 6. The Labute approximate surface area is 178 Å². The molecule has 0 radical (unpaired) electrons. The Bertz CT molecular complexity index is 1320. The Kier molecular flexibility index (Phi) is 4.36. The molecule has 4 aromatic rings. The molecule has 3 N–H and O–H groups in total. The quantitative estimate of drug-likeness (QED) is 0.488. The van der Waals surface area contributed by atoms with E-state index in [0.29, 0.717) is 33.0 Å². The number of rotatable bonds is 5. The first kappa shape index (κ1) is 19.4. The van der Waals surface area contributed by atoms with Crippen molar-refractivity contribution in [2.45, 2.75) is 18.9 Å². The molecule has 0 aliphatic heterocycles. The standard InChI is InChI=1S/C19H15ClF2N8O/c20-14-2-1-10(17-26-28-30(27-17)9-11-7-19(11,21)22)5-15(14)25-18(31)13-8-24-29-4-3-12(23)6-16(13)29/h1-6,8,11H,7,9,23H2,(H,25,31). The number of benzene rings is 1. The van der Waals surface area contributed by atoms with E-state index in [0.717, 1.165) is 4.80 Å². The molecule has 1 aliphatic carbocycles. The molecular weight excluding hydrogens is 430 g/mol. The number of carbonyl (C=O) groups excluding carboxylic acids is 1. The number of nitrogens with two attached hydrogens (primary N) is 1.